The van der Waals surface area contributed by atoms with Gasteiger partial charge in [-0.3, -0.25) is 9.56 Å². The van der Waals surface area contributed by atoms with Gasteiger partial charge in [0.1, 0.15) is 11.6 Å². The van der Waals surface area contributed by atoms with Crippen LogP contribution in [-0.2, 0) is 11.3 Å². The summed E-state index contributed by atoms with van der Waals surface area (Å²) in [5.41, 5.74) is 1.09. The summed E-state index contributed by atoms with van der Waals surface area (Å²) in [5.74, 6) is 3.07. The highest BCUT2D eigenvalue weighted by atomic mass is 127. The van der Waals surface area contributed by atoms with Crippen molar-refractivity contribution < 1.29 is 4.74 Å². The van der Waals surface area contributed by atoms with Crippen LogP contribution >= 0.6 is 24.0 Å². The summed E-state index contributed by atoms with van der Waals surface area (Å²) in [6, 6.07) is 4.06. The third kappa shape index (κ3) is 7.38. The molecule has 1 atom stereocenters. The number of rotatable bonds is 9. The minimum Gasteiger partial charge on any atom is -0.378 e. The minimum absolute atomic E-state index is 0. The molecule has 0 aromatic carbocycles. The SMILES string of the molecule is CCOC(CCNC(=NC)NCc1ccc(-n2ccnc2C)nc1)C(C)C.I. The molecule has 0 bridgehead atoms. The zero-order chi connectivity index (χ0) is 19.6. The molecule has 2 N–H and O–H groups in total. The van der Waals surface area contributed by atoms with Crippen molar-refractivity contribution in [2.45, 2.75) is 46.8 Å². The Morgan fingerprint density at radius 1 is 1.25 bits per heavy atom. The van der Waals surface area contributed by atoms with Crippen molar-refractivity contribution in [2.75, 3.05) is 20.2 Å². The number of guanidine groups is 1. The second-order valence-electron chi connectivity index (χ2n) is 6.75. The first-order chi connectivity index (χ1) is 13.0. The van der Waals surface area contributed by atoms with E-state index in [1.54, 1.807) is 13.2 Å². The quantitative estimate of drug-likeness (QED) is 0.314. The first kappa shape index (κ1) is 24.4. The number of imidazole rings is 1. The van der Waals surface area contributed by atoms with Crippen LogP contribution in [0.5, 0.6) is 0 Å². The fourth-order valence-corrected chi connectivity index (χ4v) is 2.85. The van der Waals surface area contributed by atoms with Gasteiger partial charge in [-0.15, -0.1) is 24.0 Å². The van der Waals surface area contributed by atoms with Gasteiger partial charge < -0.3 is 15.4 Å². The number of nitrogens with zero attached hydrogens (tertiary/aromatic N) is 4. The van der Waals surface area contributed by atoms with Crippen molar-refractivity contribution >= 4 is 29.9 Å². The summed E-state index contributed by atoms with van der Waals surface area (Å²) in [6.45, 7) is 10.6. The first-order valence-electron chi connectivity index (χ1n) is 9.56. The molecule has 0 radical (unpaired) electrons. The number of aromatic nitrogens is 3. The Hall–Kier alpha value is -1.68. The fourth-order valence-electron chi connectivity index (χ4n) is 2.85. The van der Waals surface area contributed by atoms with E-state index in [1.165, 1.54) is 0 Å². The van der Waals surface area contributed by atoms with E-state index < -0.39 is 0 Å². The fraction of sp³-hybridized carbons (Fsp3) is 0.550. The van der Waals surface area contributed by atoms with Crippen molar-refractivity contribution in [2.24, 2.45) is 10.9 Å². The highest BCUT2D eigenvalue weighted by Gasteiger charge is 2.13. The number of hydrogen-bond acceptors (Lipinski definition) is 4. The molecule has 2 aromatic heterocycles. The van der Waals surface area contributed by atoms with Crippen LogP contribution in [0.3, 0.4) is 0 Å². The molecule has 0 saturated carbocycles. The summed E-state index contributed by atoms with van der Waals surface area (Å²) < 4.78 is 7.74. The number of aliphatic imine (C=N–C) groups is 1. The Morgan fingerprint density at radius 2 is 2.04 bits per heavy atom. The van der Waals surface area contributed by atoms with E-state index in [4.69, 9.17) is 4.74 Å². The van der Waals surface area contributed by atoms with Gasteiger partial charge in [0.05, 0.1) is 6.10 Å². The van der Waals surface area contributed by atoms with E-state index in [0.29, 0.717) is 12.5 Å². The second-order valence-corrected chi connectivity index (χ2v) is 6.75. The smallest absolute Gasteiger partial charge is 0.191 e. The van der Waals surface area contributed by atoms with E-state index in [2.05, 4.69) is 45.5 Å². The lowest BCUT2D eigenvalue weighted by Crippen LogP contribution is -2.39. The Kier molecular flexibility index (Phi) is 11.1. The zero-order valence-electron chi connectivity index (χ0n) is 17.5. The second kappa shape index (κ2) is 12.7. The Labute approximate surface area is 185 Å². The normalized spacial score (nSPS) is 12.6. The van der Waals surface area contributed by atoms with Crippen molar-refractivity contribution in [1.29, 1.82) is 0 Å². The summed E-state index contributed by atoms with van der Waals surface area (Å²) in [5, 5.41) is 6.68. The van der Waals surface area contributed by atoms with Crippen molar-refractivity contribution in [1.82, 2.24) is 25.2 Å². The molecule has 0 fully saturated rings. The maximum Gasteiger partial charge on any atom is 0.191 e. The molecule has 0 spiro atoms. The minimum atomic E-state index is 0. The van der Waals surface area contributed by atoms with Crippen molar-refractivity contribution in [3.63, 3.8) is 0 Å². The summed E-state index contributed by atoms with van der Waals surface area (Å²) >= 11 is 0. The highest BCUT2D eigenvalue weighted by molar-refractivity contribution is 14.0. The lowest BCUT2D eigenvalue weighted by Gasteiger charge is -2.21. The molecular weight excluding hydrogens is 467 g/mol. The topological polar surface area (TPSA) is 76.4 Å². The van der Waals surface area contributed by atoms with Gasteiger partial charge in [-0.2, -0.15) is 0 Å². The molecule has 28 heavy (non-hydrogen) atoms. The van der Waals surface area contributed by atoms with Crippen LogP contribution in [0.25, 0.3) is 5.82 Å². The lowest BCUT2D eigenvalue weighted by atomic mass is 10.0. The van der Waals surface area contributed by atoms with Crippen LogP contribution in [0.4, 0.5) is 0 Å². The van der Waals surface area contributed by atoms with Gasteiger partial charge in [0.15, 0.2) is 5.96 Å². The molecule has 0 aliphatic carbocycles. The van der Waals surface area contributed by atoms with Crippen LogP contribution in [0.2, 0.25) is 0 Å². The third-order valence-electron chi connectivity index (χ3n) is 4.41. The van der Waals surface area contributed by atoms with Gasteiger partial charge in [0.2, 0.25) is 0 Å². The lowest BCUT2D eigenvalue weighted by molar-refractivity contribution is 0.0258. The molecule has 2 aromatic rings. The predicted molar refractivity (Wildman–Crippen MR) is 125 cm³/mol. The van der Waals surface area contributed by atoms with Gasteiger partial charge in [0.25, 0.3) is 0 Å². The molecular formula is C20H33IN6O. The number of nitrogens with one attached hydrogen (secondary N) is 2. The molecule has 0 aliphatic heterocycles. The molecule has 0 saturated heterocycles. The monoisotopic (exact) mass is 500 g/mol. The van der Waals surface area contributed by atoms with Crippen LogP contribution in [0.15, 0.2) is 35.7 Å². The summed E-state index contributed by atoms with van der Waals surface area (Å²) in [6.07, 6.45) is 6.78. The molecule has 156 valence electrons. The molecule has 8 heteroatoms. The standard InChI is InChI=1S/C20H32N6O.HI/c1-6-27-18(15(2)3)9-10-23-20(21-5)25-14-17-7-8-19(24-13-17)26-12-11-22-16(26)4;/h7-8,11-13,15,18H,6,9-10,14H2,1-5H3,(H2,21,23,25);1H. The molecule has 7 nitrogen and oxygen atoms in total. The van der Waals surface area contributed by atoms with E-state index in [1.807, 2.05) is 36.9 Å². The Morgan fingerprint density at radius 3 is 2.57 bits per heavy atom. The Balaban J connectivity index is 0.00000392. The van der Waals surface area contributed by atoms with Crippen molar-refractivity contribution in [3.8, 4) is 5.82 Å². The van der Waals surface area contributed by atoms with E-state index in [9.17, 15) is 0 Å². The van der Waals surface area contributed by atoms with Gasteiger partial charge in [-0.25, -0.2) is 9.97 Å². The largest absolute Gasteiger partial charge is 0.378 e. The van der Waals surface area contributed by atoms with Crippen LogP contribution in [0.1, 0.15) is 38.6 Å². The van der Waals surface area contributed by atoms with Crippen LogP contribution < -0.4 is 10.6 Å². The maximum atomic E-state index is 5.78. The van der Waals surface area contributed by atoms with Crippen LogP contribution in [0, 0.1) is 12.8 Å². The predicted octanol–water partition coefficient (Wildman–Crippen LogP) is 3.31. The number of aryl methyl sites for hydroxylation is 1. The summed E-state index contributed by atoms with van der Waals surface area (Å²) in [7, 11) is 1.78. The van der Waals surface area contributed by atoms with E-state index >= 15 is 0 Å². The third-order valence-corrected chi connectivity index (χ3v) is 4.41. The molecule has 0 aliphatic rings. The summed E-state index contributed by atoms with van der Waals surface area (Å²) in [4.78, 5) is 13.0. The number of hydrogen-bond donors (Lipinski definition) is 2. The molecule has 2 heterocycles. The van der Waals surface area contributed by atoms with Crippen LogP contribution in [-0.4, -0.2) is 46.8 Å². The van der Waals surface area contributed by atoms with E-state index in [-0.39, 0.29) is 30.1 Å². The first-order valence-corrected chi connectivity index (χ1v) is 9.56. The van der Waals surface area contributed by atoms with E-state index in [0.717, 1.165) is 42.7 Å². The molecule has 2 rings (SSSR count). The van der Waals surface area contributed by atoms with Gasteiger partial charge in [-0.1, -0.05) is 19.9 Å². The van der Waals surface area contributed by atoms with Gasteiger partial charge >= 0.3 is 0 Å². The average molecular weight is 500 g/mol. The number of ether oxygens (including phenoxy) is 1. The van der Waals surface area contributed by atoms with Gasteiger partial charge in [-0.05, 0) is 37.8 Å². The zero-order valence-corrected chi connectivity index (χ0v) is 19.8. The number of pyridine rings is 1. The van der Waals surface area contributed by atoms with Crippen molar-refractivity contribution in [3.05, 3.63) is 42.1 Å². The number of halogens is 1. The molecule has 0 amide bonds. The maximum absolute atomic E-state index is 5.78. The Bertz CT molecular complexity index is 714. The van der Waals surface area contributed by atoms with Gasteiger partial charge in [0, 0.05) is 45.3 Å². The highest BCUT2D eigenvalue weighted by Crippen LogP contribution is 2.10. The average Bonchev–Trinajstić information content (AvgIpc) is 3.09. The molecule has 1 unspecified atom stereocenters.